The molecule has 1 heterocycles. The molecule has 0 spiro atoms. The van der Waals surface area contributed by atoms with Gasteiger partial charge in [-0.05, 0) is 72.0 Å². The van der Waals surface area contributed by atoms with Crippen LogP contribution >= 0.6 is 0 Å². The van der Waals surface area contributed by atoms with Gasteiger partial charge in [-0.3, -0.25) is 9.78 Å². The Morgan fingerprint density at radius 2 is 1.66 bits per heavy atom. The topological polar surface area (TPSA) is 54.0 Å². The first-order valence-corrected chi connectivity index (χ1v) is 9.93. The van der Waals surface area contributed by atoms with Crippen LogP contribution in [0.15, 0.2) is 73.1 Å². The van der Waals surface area contributed by atoms with Crippen LogP contribution in [0.25, 0.3) is 12.2 Å². The van der Waals surface area contributed by atoms with E-state index < -0.39 is 0 Å². The van der Waals surface area contributed by atoms with E-state index in [2.05, 4.69) is 53.7 Å². The van der Waals surface area contributed by atoms with E-state index in [0.717, 1.165) is 28.9 Å². The lowest BCUT2D eigenvalue weighted by molar-refractivity contribution is 0.0952. The van der Waals surface area contributed by atoms with Crippen molar-refractivity contribution in [3.05, 3.63) is 89.7 Å². The van der Waals surface area contributed by atoms with E-state index in [1.165, 1.54) is 0 Å². The molecule has 29 heavy (non-hydrogen) atoms. The number of amides is 1. The summed E-state index contributed by atoms with van der Waals surface area (Å²) in [5, 5.41) is 6.35. The summed E-state index contributed by atoms with van der Waals surface area (Å²) >= 11 is 0. The number of anilines is 2. The first-order chi connectivity index (χ1) is 14.1. The third kappa shape index (κ3) is 6.61. The van der Waals surface area contributed by atoms with E-state index in [-0.39, 0.29) is 5.91 Å². The van der Waals surface area contributed by atoms with Gasteiger partial charge < -0.3 is 10.6 Å². The molecule has 148 valence electrons. The maximum atomic E-state index is 12.2. The van der Waals surface area contributed by atoms with Crippen LogP contribution in [0.2, 0.25) is 0 Å². The highest BCUT2D eigenvalue weighted by atomic mass is 16.1. The Balaban J connectivity index is 1.60. The monoisotopic (exact) mass is 385 g/mol. The first kappa shape index (κ1) is 20.3. The second kappa shape index (κ2) is 10.2. The summed E-state index contributed by atoms with van der Waals surface area (Å²) in [6, 6.07) is 19.7. The van der Waals surface area contributed by atoms with Crippen LogP contribution in [0.1, 0.15) is 41.8 Å². The van der Waals surface area contributed by atoms with Crippen molar-refractivity contribution >= 4 is 29.4 Å². The number of carbonyl (C=O) groups is 1. The van der Waals surface area contributed by atoms with Gasteiger partial charge in [0.2, 0.25) is 0 Å². The fourth-order valence-corrected chi connectivity index (χ4v) is 2.84. The second-order valence-corrected chi connectivity index (χ2v) is 7.38. The summed E-state index contributed by atoms with van der Waals surface area (Å²) in [6.07, 6.45) is 8.69. The Kier molecular flexibility index (Phi) is 7.17. The average molecular weight is 386 g/mol. The largest absolute Gasteiger partial charge is 0.356 e. The van der Waals surface area contributed by atoms with Gasteiger partial charge in [0.1, 0.15) is 0 Å². The van der Waals surface area contributed by atoms with Crippen molar-refractivity contribution < 1.29 is 4.79 Å². The first-order valence-electron chi connectivity index (χ1n) is 9.93. The standard InChI is InChI=1S/C25H27N3O/c1-19(2)12-17-27-25(29)22-8-10-23(11-9-22)28-24-5-3-4-21(18-24)7-6-20-13-15-26-16-14-20/h3-11,13-16,18-19,28H,12,17H2,1-2H3,(H,27,29)/b7-6+. The van der Waals surface area contributed by atoms with E-state index in [4.69, 9.17) is 0 Å². The molecular formula is C25H27N3O. The third-order valence-corrected chi connectivity index (χ3v) is 4.50. The zero-order chi connectivity index (χ0) is 20.5. The van der Waals surface area contributed by atoms with E-state index in [1.807, 2.05) is 48.5 Å². The maximum Gasteiger partial charge on any atom is 0.251 e. The van der Waals surface area contributed by atoms with Gasteiger partial charge in [0, 0.05) is 35.9 Å². The molecule has 3 rings (SSSR count). The van der Waals surface area contributed by atoms with Crippen molar-refractivity contribution in [3.63, 3.8) is 0 Å². The van der Waals surface area contributed by atoms with E-state index >= 15 is 0 Å². The summed E-state index contributed by atoms with van der Waals surface area (Å²) in [5.41, 5.74) is 4.83. The van der Waals surface area contributed by atoms with Crippen molar-refractivity contribution in [2.24, 2.45) is 5.92 Å². The van der Waals surface area contributed by atoms with Gasteiger partial charge in [-0.2, -0.15) is 0 Å². The number of nitrogens with zero attached hydrogens (tertiary/aromatic N) is 1. The minimum absolute atomic E-state index is 0.0274. The zero-order valence-corrected chi connectivity index (χ0v) is 16.9. The predicted molar refractivity (Wildman–Crippen MR) is 121 cm³/mol. The molecule has 4 heteroatoms. The molecule has 4 nitrogen and oxygen atoms in total. The van der Waals surface area contributed by atoms with Crippen LogP contribution in [-0.2, 0) is 0 Å². The fraction of sp³-hybridized carbons (Fsp3) is 0.200. The molecule has 2 N–H and O–H groups in total. The molecule has 0 radical (unpaired) electrons. The van der Waals surface area contributed by atoms with Crippen molar-refractivity contribution in [2.45, 2.75) is 20.3 Å². The normalized spacial score (nSPS) is 11.0. The van der Waals surface area contributed by atoms with Gasteiger partial charge in [-0.25, -0.2) is 0 Å². The summed E-state index contributed by atoms with van der Waals surface area (Å²) in [5.74, 6) is 0.553. The van der Waals surface area contributed by atoms with E-state index in [9.17, 15) is 4.79 Å². The van der Waals surface area contributed by atoms with Gasteiger partial charge in [0.25, 0.3) is 5.91 Å². The van der Waals surface area contributed by atoms with Crippen molar-refractivity contribution in [3.8, 4) is 0 Å². The van der Waals surface area contributed by atoms with Crippen molar-refractivity contribution in [1.29, 1.82) is 0 Å². The molecule has 3 aromatic rings. The Morgan fingerprint density at radius 3 is 2.38 bits per heavy atom. The lowest BCUT2D eigenvalue weighted by Gasteiger charge is -2.10. The van der Waals surface area contributed by atoms with E-state index in [0.29, 0.717) is 18.0 Å². The van der Waals surface area contributed by atoms with Crippen molar-refractivity contribution in [1.82, 2.24) is 10.3 Å². The number of hydrogen-bond donors (Lipinski definition) is 2. The minimum atomic E-state index is -0.0274. The van der Waals surface area contributed by atoms with Gasteiger partial charge >= 0.3 is 0 Å². The van der Waals surface area contributed by atoms with Gasteiger partial charge in [0.15, 0.2) is 0 Å². The van der Waals surface area contributed by atoms with Crippen LogP contribution in [0, 0.1) is 5.92 Å². The number of carbonyl (C=O) groups excluding carboxylic acids is 1. The quantitative estimate of drug-likeness (QED) is 0.517. The maximum absolute atomic E-state index is 12.2. The molecule has 0 saturated carbocycles. The van der Waals surface area contributed by atoms with Crippen LogP contribution in [-0.4, -0.2) is 17.4 Å². The molecule has 0 aliphatic carbocycles. The van der Waals surface area contributed by atoms with Crippen molar-refractivity contribution in [2.75, 3.05) is 11.9 Å². The number of benzene rings is 2. The van der Waals surface area contributed by atoms with Gasteiger partial charge in [-0.1, -0.05) is 38.1 Å². The smallest absolute Gasteiger partial charge is 0.251 e. The number of rotatable bonds is 8. The van der Waals surface area contributed by atoms with Crippen LogP contribution < -0.4 is 10.6 Å². The molecular weight excluding hydrogens is 358 g/mol. The SMILES string of the molecule is CC(C)CCNC(=O)c1ccc(Nc2cccc(/C=C/c3ccncc3)c2)cc1. The molecule has 1 amide bonds. The fourth-order valence-electron chi connectivity index (χ4n) is 2.84. The summed E-state index contributed by atoms with van der Waals surface area (Å²) in [6.45, 7) is 5.00. The lowest BCUT2D eigenvalue weighted by atomic mass is 10.1. The minimum Gasteiger partial charge on any atom is -0.356 e. The molecule has 0 aliphatic rings. The van der Waals surface area contributed by atoms with E-state index in [1.54, 1.807) is 12.4 Å². The van der Waals surface area contributed by atoms with Crippen LogP contribution in [0.5, 0.6) is 0 Å². The van der Waals surface area contributed by atoms with Gasteiger partial charge in [-0.15, -0.1) is 0 Å². The number of hydrogen-bond acceptors (Lipinski definition) is 3. The van der Waals surface area contributed by atoms with Crippen LogP contribution in [0.4, 0.5) is 11.4 Å². The highest BCUT2D eigenvalue weighted by Gasteiger charge is 2.05. The molecule has 1 aromatic heterocycles. The lowest BCUT2D eigenvalue weighted by Crippen LogP contribution is -2.25. The Labute approximate surface area is 172 Å². The molecule has 0 atom stereocenters. The molecule has 0 unspecified atom stereocenters. The Hall–Kier alpha value is -3.40. The number of aromatic nitrogens is 1. The molecule has 0 bridgehead atoms. The summed E-state index contributed by atoms with van der Waals surface area (Å²) in [7, 11) is 0. The second-order valence-electron chi connectivity index (χ2n) is 7.38. The zero-order valence-electron chi connectivity index (χ0n) is 16.9. The number of pyridine rings is 1. The summed E-state index contributed by atoms with van der Waals surface area (Å²) in [4.78, 5) is 16.2. The number of nitrogens with one attached hydrogen (secondary N) is 2. The highest BCUT2D eigenvalue weighted by molar-refractivity contribution is 5.94. The molecule has 0 aliphatic heterocycles. The third-order valence-electron chi connectivity index (χ3n) is 4.50. The molecule has 2 aromatic carbocycles. The van der Waals surface area contributed by atoms with Crippen LogP contribution in [0.3, 0.4) is 0 Å². The van der Waals surface area contributed by atoms with Gasteiger partial charge in [0.05, 0.1) is 0 Å². The molecule has 0 saturated heterocycles. The predicted octanol–water partition coefficient (Wildman–Crippen LogP) is 5.77. The summed E-state index contributed by atoms with van der Waals surface area (Å²) < 4.78 is 0. The highest BCUT2D eigenvalue weighted by Crippen LogP contribution is 2.19. The average Bonchev–Trinajstić information content (AvgIpc) is 2.73. The Bertz CT molecular complexity index is 947. The molecule has 0 fully saturated rings. The Morgan fingerprint density at radius 1 is 0.931 bits per heavy atom.